The Bertz CT molecular complexity index is 1350. The lowest BCUT2D eigenvalue weighted by Crippen LogP contribution is -2.37. The van der Waals surface area contributed by atoms with Crippen molar-refractivity contribution in [3.63, 3.8) is 0 Å². The van der Waals surface area contributed by atoms with E-state index in [1.54, 1.807) is 9.80 Å². The summed E-state index contributed by atoms with van der Waals surface area (Å²) in [6.45, 7) is 1.35. The molecule has 1 unspecified atom stereocenters. The second-order valence-corrected chi connectivity index (χ2v) is 9.78. The molecule has 9 heteroatoms. The SMILES string of the molecule is O=C(CC1C(=O)N(Cc2ccccc2)C(=S)N1Cc1ccc(N2CCCC2=O)cc1)Nc1ccc(F)cc1. The highest BCUT2D eigenvalue weighted by Gasteiger charge is 2.43. The highest BCUT2D eigenvalue weighted by molar-refractivity contribution is 7.80. The minimum absolute atomic E-state index is 0.109. The second kappa shape index (κ2) is 11.1. The van der Waals surface area contributed by atoms with Gasteiger partial charge in [-0.25, -0.2) is 4.39 Å². The third-order valence-corrected chi connectivity index (χ3v) is 7.22. The number of nitrogens with zero attached hydrogens (tertiary/aromatic N) is 3. The third-order valence-electron chi connectivity index (χ3n) is 6.77. The van der Waals surface area contributed by atoms with Crippen LogP contribution >= 0.6 is 12.2 Å². The molecule has 2 saturated heterocycles. The minimum atomic E-state index is -0.786. The van der Waals surface area contributed by atoms with Gasteiger partial charge in [-0.15, -0.1) is 0 Å². The van der Waals surface area contributed by atoms with E-state index < -0.39 is 11.9 Å². The zero-order valence-electron chi connectivity index (χ0n) is 20.7. The van der Waals surface area contributed by atoms with E-state index in [1.807, 2.05) is 54.6 Å². The summed E-state index contributed by atoms with van der Waals surface area (Å²) in [7, 11) is 0. The fourth-order valence-corrected chi connectivity index (χ4v) is 5.15. The summed E-state index contributed by atoms with van der Waals surface area (Å²) in [5.74, 6) is -0.894. The number of anilines is 2. The summed E-state index contributed by atoms with van der Waals surface area (Å²) in [5.41, 5.74) is 3.13. The molecule has 0 aromatic heterocycles. The van der Waals surface area contributed by atoms with E-state index in [9.17, 15) is 18.8 Å². The van der Waals surface area contributed by atoms with Crippen LogP contribution in [0.4, 0.5) is 15.8 Å². The molecule has 0 saturated carbocycles. The highest BCUT2D eigenvalue weighted by atomic mass is 32.1. The van der Waals surface area contributed by atoms with E-state index in [2.05, 4.69) is 5.32 Å². The van der Waals surface area contributed by atoms with Gasteiger partial charge >= 0.3 is 0 Å². The van der Waals surface area contributed by atoms with Crippen molar-refractivity contribution in [1.29, 1.82) is 0 Å². The monoisotopic (exact) mass is 530 g/mol. The van der Waals surface area contributed by atoms with E-state index >= 15 is 0 Å². The Hall–Kier alpha value is -4.11. The van der Waals surface area contributed by atoms with Crippen LogP contribution in [0.5, 0.6) is 0 Å². The van der Waals surface area contributed by atoms with Crippen LogP contribution in [0.1, 0.15) is 30.4 Å². The Morgan fingerprint density at radius 3 is 2.26 bits per heavy atom. The van der Waals surface area contributed by atoms with E-state index in [0.29, 0.717) is 36.9 Å². The lowest BCUT2D eigenvalue weighted by Gasteiger charge is -2.24. The summed E-state index contributed by atoms with van der Waals surface area (Å²) < 4.78 is 13.3. The largest absolute Gasteiger partial charge is 0.332 e. The Balaban J connectivity index is 1.35. The molecule has 1 N–H and O–H groups in total. The zero-order valence-corrected chi connectivity index (χ0v) is 21.5. The Morgan fingerprint density at radius 1 is 0.921 bits per heavy atom. The molecule has 3 amide bonds. The predicted molar refractivity (Wildman–Crippen MR) is 147 cm³/mol. The number of carbonyl (C=O) groups is 3. The molecule has 1 atom stereocenters. The average molecular weight is 531 g/mol. The highest BCUT2D eigenvalue weighted by Crippen LogP contribution is 2.27. The van der Waals surface area contributed by atoms with Crippen molar-refractivity contribution < 1.29 is 18.8 Å². The number of nitrogens with one attached hydrogen (secondary N) is 1. The summed E-state index contributed by atoms with van der Waals surface area (Å²) >= 11 is 5.74. The first-order valence-electron chi connectivity index (χ1n) is 12.5. The Kier molecular flexibility index (Phi) is 7.46. The Morgan fingerprint density at radius 2 is 1.61 bits per heavy atom. The van der Waals surface area contributed by atoms with Gasteiger partial charge in [0.1, 0.15) is 11.9 Å². The first-order valence-corrected chi connectivity index (χ1v) is 12.9. The van der Waals surface area contributed by atoms with Gasteiger partial charge in [-0.3, -0.25) is 19.3 Å². The van der Waals surface area contributed by atoms with Gasteiger partial charge in [0.2, 0.25) is 11.8 Å². The molecule has 5 rings (SSSR count). The van der Waals surface area contributed by atoms with Gasteiger partial charge in [0.05, 0.1) is 13.0 Å². The van der Waals surface area contributed by atoms with Crippen molar-refractivity contribution in [3.8, 4) is 0 Å². The summed E-state index contributed by atoms with van der Waals surface area (Å²) in [4.78, 5) is 43.6. The Labute approximate surface area is 225 Å². The fourth-order valence-electron chi connectivity index (χ4n) is 4.80. The molecule has 2 aliphatic heterocycles. The molecule has 38 heavy (non-hydrogen) atoms. The molecule has 2 aliphatic rings. The molecule has 2 fully saturated rings. The van der Waals surface area contributed by atoms with Crippen molar-refractivity contribution in [1.82, 2.24) is 9.80 Å². The van der Waals surface area contributed by atoms with Crippen LogP contribution in [0.25, 0.3) is 0 Å². The van der Waals surface area contributed by atoms with Gasteiger partial charge in [-0.2, -0.15) is 0 Å². The summed E-state index contributed by atoms with van der Waals surface area (Å²) in [5, 5.41) is 3.10. The smallest absolute Gasteiger partial charge is 0.252 e. The van der Waals surface area contributed by atoms with Crippen LogP contribution in [-0.4, -0.2) is 45.2 Å². The number of hydrogen-bond donors (Lipinski definition) is 1. The maximum atomic E-state index is 13.5. The van der Waals surface area contributed by atoms with Crippen molar-refractivity contribution in [2.45, 2.75) is 38.4 Å². The van der Waals surface area contributed by atoms with Crippen molar-refractivity contribution in [2.75, 3.05) is 16.8 Å². The minimum Gasteiger partial charge on any atom is -0.332 e. The lowest BCUT2D eigenvalue weighted by molar-refractivity contribution is -0.131. The van der Waals surface area contributed by atoms with E-state index in [0.717, 1.165) is 23.2 Å². The summed E-state index contributed by atoms with van der Waals surface area (Å²) in [6, 6.07) is 21.9. The maximum Gasteiger partial charge on any atom is 0.252 e. The molecule has 0 spiro atoms. The van der Waals surface area contributed by atoms with Crippen LogP contribution < -0.4 is 10.2 Å². The van der Waals surface area contributed by atoms with Crippen molar-refractivity contribution in [3.05, 3.63) is 95.8 Å². The standard InChI is InChI=1S/C29H27FN4O3S/c30-22-10-12-23(13-11-22)31-26(35)17-25-28(37)34(19-20-5-2-1-3-6-20)29(38)33(25)18-21-8-14-24(15-9-21)32-16-4-7-27(32)36/h1-3,5-6,8-15,25H,4,7,16-19H2,(H,31,35). The van der Waals surface area contributed by atoms with Gasteiger partial charge in [0.15, 0.2) is 5.11 Å². The van der Waals surface area contributed by atoms with Gasteiger partial charge in [-0.1, -0.05) is 42.5 Å². The number of hydrogen-bond acceptors (Lipinski definition) is 4. The topological polar surface area (TPSA) is 73.0 Å². The summed E-state index contributed by atoms with van der Waals surface area (Å²) in [6.07, 6.45) is 1.30. The first-order chi connectivity index (χ1) is 18.4. The normalized spacial score (nSPS) is 17.4. The molecule has 194 valence electrons. The molecule has 0 aliphatic carbocycles. The number of benzene rings is 3. The van der Waals surface area contributed by atoms with Crippen molar-refractivity contribution in [2.24, 2.45) is 0 Å². The fraction of sp³-hybridized carbons (Fsp3) is 0.241. The molecule has 0 bridgehead atoms. The number of amides is 3. The average Bonchev–Trinajstić information content (AvgIpc) is 3.44. The van der Waals surface area contributed by atoms with Crippen LogP contribution in [-0.2, 0) is 27.5 Å². The van der Waals surface area contributed by atoms with Gasteiger partial charge in [-0.05, 0) is 66.2 Å². The second-order valence-electron chi connectivity index (χ2n) is 9.41. The molecule has 2 heterocycles. The van der Waals surface area contributed by atoms with Crippen molar-refractivity contribution >= 4 is 46.4 Å². The van der Waals surface area contributed by atoms with E-state index in [4.69, 9.17) is 12.2 Å². The molecular formula is C29H27FN4O3S. The molecule has 7 nitrogen and oxygen atoms in total. The van der Waals surface area contributed by atoms with Crippen LogP contribution in [0.15, 0.2) is 78.9 Å². The van der Waals surface area contributed by atoms with E-state index in [1.165, 1.54) is 29.2 Å². The molecular weight excluding hydrogens is 503 g/mol. The quantitative estimate of drug-likeness (QED) is 0.435. The maximum absolute atomic E-state index is 13.5. The molecule has 0 radical (unpaired) electrons. The number of carbonyl (C=O) groups excluding carboxylic acids is 3. The number of thiocarbonyl (C=S) groups is 1. The molecule has 3 aromatic rings. The molecule has 3 aromatic carbocycles. The number of rotatable bonds is 8. The lowest BCUT2D eigenvalue weighted by atomic mass is 10.1. The van der Waals surface area contributed by atoms with Crippen LogP contribution in [0.3, 0.4) is 0 Å². The van der Waals surface area contributed by atoms with Crippen LogP contribution in [0.2, 0.25) is 0 Å². The first kappa shape index (κ1) is 25.5. The van der Waals surface area contributed by atoms with Gasteiger partial charge < -0.3 is 15.1 Å². The zero-order chi connectivity index (χ0) is 26.6. The van der Waals surface area contributed by atoms with Crippen LogP contribution in [0, 0.1) is 5.82 Å². The predicted octanol–water partition coefficient (Wildman–Crippen LogP) is 4.48. The van der Waals surface area contributed by atoms with Gasteiger partial charge in [0.25, 0.3) is 5.91 Å². The third kappa shape index (κ3) is 5.57. The number of halogens is 1. The van der Waals surface area contributed by atoms with Gasteiger partial charge in [0, 0.05) is 30.9 Å². The van der Waals surface area contributed by atoms with E-state index in [-0.39, 0.29) is 24.1 Å².